The summed E-state index contributed by atoms with van der Waals surface area (Å²) in [6.07, 6.45) is -8.92. The molecule has 0 radical (unpaired) electrons. The lowest BCUT2D eigenvalue weighted by Gasteiger charge is -2.45. The van der Waals surface area contributed by atoms with Crippen LogP contribution in [-0.2, 0) is 29.1 Å². The van der Waals surface area contributed by atoms with Gasteiger partial charge in [-0.15, -0.1) is 11.8 Å². The van der Waals surface area contributed by atoms with Gasteiger partial charge in [0.2, 0.25) is 0 Å². The zero-order chi connectivity index (χ0) is 22.4. The third-order valence-electron chi connectivity index (χ3n) is 5.78. The number of halogens is 3. The summed E-state index contributed by atoms with van der Waals surface area (Å²) in [6.45, 7) is -0.174. The summed E-state index contributed by atoms with van der Waals surface area (Å²) in [5, 5.41) is 40.1. The molecule has 5 atom stereocenters. The van der Waals surface area contributed by atoms with E-state index < -0.39 is 41.1 Å². The summed E-state index contributed by atoms with van der Waals surface area (Å²) in [5.41, 5.74) is 3.39. The minimum atomic E-state index is -4.25. The van der Waals surface area contributed by atoms with Crippen molar-refractivity contribution in [1.29, 1.82) is 0 Å². The average Bonchev–Trinajstić information content (AvgIpc) is 3.08. The van der Waals surface area contributed by atoms with E-state index in [2.05, 4.69) is 0 Å². The lowest BCUT2D eigenvalue weighted by Crippen LogP contribution is -2.58. The molecule has 4 N–H and O–H groups in total. The normalized spacial score (nSPS) is 30.5. The van der Waals surface area contributed by atoms with Gasteiger partial charge < -0.3 is 25.2 Å². The van der Waals surface area contributed by atoms with Gasteiger partial charge in [-0.05, 0) is 28.7 Å². The highest BCUT2D eigenvalue weighted by Crippen LogP contribution is 2.54. The van der Waals surface area contributed by atoms with Crippen LogP contribution in [-0.4, -0.2) is 56.8 Å². The first-order valence-electron chi connectivity index (χ1n) is 9.86. The maximum absolute atomic E-state index is 12.5. The first-order chi connectivity index (χ1) is 14.6. The molecular formula is C22H23F3O5S. The van der Waals surface area contributed by atoms with Crippen molar-refractivity contribution in [3.05, 3.63) is 70.3 Å². The average molecular weight is 456 g/mol. The molecule has 1 spiro atoms. The monoisotopic (exact) mass is 456 g/mol. The zero-order valence-electron chi connectivity index (χ0n) is 16.4. The van der Waals surface area contributed by atoms with Crippen molar-refractivity contribution in [1.82, 2.24) is 0 Å². The summed E-state index contributed by atoms with van der Waals surface area (Å²) < 4.78 is 43.5. The standard InChI is InChI=1S/C22H23F3O5S/c23-21(24,25)9-13-3-1-12(2-4-13)7-14-5-6-15-11-30-22(16(15)8-14)20(29)19(28)18(27)17(10-26)31-22/h1-6,8,17-20,26-29H,7,9-11H2/t17-,18-,19+,20-,22+/m1/s1. The van der Waals surface area contributed by atoms with E-state index in [0.29, 0.717) is 12.0 Å². The molecule has 5 nitrogen and oxygen atoms in total. The highest BCUT2D eigenvalue weighted by atomic mass is 32.2. The number of hydrogen-bond donors (Lipinski definition) is 4. The van der Waals surface area contributed by atoms with Crippen molar-refractivity contribution < 1.29 is 38.3 Å². The molecule has 1 fully saturated rings. The van der Waals surface area contributed by atoms with Crippen molar-refractivity contribution in [2.45, 2.75) is 54.1 Å². The van der Waals surface area contributed by atoms with E-state index in [9.17, 15) is 33.6 Å². The van der Waals surface area contributed by atoms with Gasteiger partial charge in [-0.25, -0.2) is 0 Å². The van der Waals surface area contributed by atoms with Gasteiger partial charge in [-0.2, -0.15) is 13.2 Å². The van der Waals surface area contributed by atoms with E-state index in [4.69, 9.17) is 4.74 Å². The van der Waals surface area contributed by atoms with Crippen LogP contribution in [0.25, 0.3) is 0 Å². The SMILES string of the molecule is OC[C@H]1S[C@]2(OCc3ccc(Cc4ccc(CC(F)(F)F)cc4)cc32)[C@H](O)[C@@H](O)[C@@H]1O. The smallest absolute Gasteiger partial charge is 0.393 e. The van der Waals surface area contributed by atoms with Crippen LogP contribution in [0.2, 0.25) is 0 Å². The fraction of sp³-hybridized carbons (Fsp3) is 0.455. The van der Waals surface area contributed by atoms with E-state index in [1.54, 1.807) is 12.1 Å². The van der Waals surface area contributed by atoms with Crippen molar-refractivity contribution in [3.63, 3.8) is 0 Å². The van der Waals surface area contributed by atoms with Crippen LogP contribution in [0.15, 0.2) is 42.5 Å². The van der Waals surface area contributed by atoms with Gasteiger partial charge in [0.15, 0.2) is 4.93 Å². The molecule has 0 unspecified atom stereocenters. The van der Waals surface area contributed by atoms with Crippen LogP contribution in [0, 0.1) is 0 Å². The van der Waals surface area contributed by atoms with E-state index >= 15 is 0 Å². The van der Waals surface area contributed by atoms with Gasteiger partial charge in [0.25, 0.3) is 0 Å². The first-order valence-corrected chi connectivity index (χ1v) is 10.7. The summed E-state index contributed by atoms with van der Waals surface area (Å²) in [4.78, 5) is -1.31. The summed E-state index contributed by atoms with van der Waals surface area (Å²) in [6, 6.07) is 11.8. The Kier molecular flexibility index (Phi) is 6.10. The van der Waals surface area contributed by atoms with Gasteiger partial charge in [0.05, 0.1) is 31.0 Å². The lowest BCUT2D eigenvalue weighted by molar-refractivity contribution is -0.147. The second-order valence-electron chi connectivity index (χ2n) is 8.00. The highest BCUT2D eigenvalue weighted by molar-refractivity contribution is 8.00. The predicted octanol–water partition coefficient (Wildman–Crippen LogP) is 2.26. The van der Waals surface area contributed by atoms with Crippen molar-refractivity contribution in [3.8, 4) is 0 Å². The molecule has 2 aromatic carbocycles. The van der Waals surface area contributed by atoms with Crippen molar-refractivity contribution in [2.24, 2.45) is 0 Å². The largest absolute Gasteiger partial charge is 0.395 e. The van der Waals surface area contributed by atoms with E-state index in [1.165, 1.54) is 12.1 Å². The second kappa shape index (κ2) is 8.38. The molecule has 2 heterocycles. The number of thioether (sulfide) groups is 1. The molecule has 4 rings (SSSR count). The molecular weight excluding hydrogens is 433 g/mol. The van der Waals surface area contributed by atoms with Gasteiger partial charge in [-0.3, -0.25) is 0 Å². The third-order valence-corrected chi connectivity index (χ3v) is 7.44. The number of ether oxygens (including phenoxy) is 1. The van der Waals surface area contributed by atoms with Crippen LogP contribution in [0.5, 0.6) is 0 Å². The lowest BCUT2D eigenvalue weighted by atomic mass is 9.91. The van der Waals surface area contributed by atoms with Crippen LogP contribution < -0.4 is 0 Å². The summed E-state index contributed by atoms with van der Waals surface area (Å²) in [7, 11) is 0. The van der Waals surface area contributed by atoms with E-state index in [1.807, 2.05) is 18.2 Å². The predicted molar refractivity (Wildman–Crippen MR) is 108 cm³/mol. The number of benzene rings is 2. The maximum Gasteiger partial charge on any atom is 0.393 e. The third kappa shape index (κ3) is 4.35. The maximum atomic E-state index is 12.5. The Morgan fingerprint density at radius 3 is 2.26 bits per heavy atom. The Morgan fingerprint density at radius 2 is 1.61 bits per heavy atom. The second-order valence-corrected chi connectivity index (χ2v) is 9.45. The zero-order valence-corrected chi connectivity index (χ0v) is 17.2. The van der Waals surface area contributed by atoms with Crippen LogP contribution in [0.1, 0.15) is 27.8 Å². The minimum absolute atomic E-state index is 0.196. The van der Waals surface area contributed by atoms with Crippen molar-refractivity contribution in [2.75, 3.05) is 6.61 Å². The molecule has 0 saturated carbocycles. The molecule has 0 aromatic heterocycles. The van der Waals surface area contributed by atoms with Crippen LogP contribution >= 0.6 is 11.8 Å². The van der Waals surface area contributed by atoms with Gasteiger partial charge >= 0.3 is 6.18 Å². The minimum Gasteiger partial charge on any atom is -0.395 e. The molecule has 168 valence electrons. The fourth-order valence-electron chi connectivity index (χ4n) is 4.17. The molecule has 2 aliphatic rings. The molecule has 0 amide bonds. The number of alkyl halides is 3. The van der Waals surface area contributed by atoms with Crippen molar-refractivity contribution >= 4 is 11.8 Å². The number of hydrogen-bond acceptors (Lipinski definition) is 6. The van der Waals surface area contributed by atoms with E-state index in [0.717, 1.165) is 28.5 Å². The quantitative estimate of drug-likeness (QED) is 0.565. The Hall–Kier alpha value is -1.62. The van der Waals surface area contributed by atoms with Crippen LogP contribution in [0.3, 0.4) is 0 Å². The number of aliphatic hydroxyl groups is 4. The fourth-order valence-corrected chi connectivity index (χ4v) is 5.72. The van der Waals surface area contributed by atoms with Gasteiger partial charge in [0.1, 0.15) is 12.2 Å². The molecule has 2 aromatic rings. The molecule has 1 saturated heterocycles. The molecule has 31 heavy (non-hydrogen) atoms. The Bertz CT molecular complexity index is 934. The van der Waals surface area contributed by atoms with Gasteiger partial charge in [-0.1, -0.05) is 42.5 Å². The number of aliphatic hydroxyl groups excluding tert-OH is 4. The van der Waals surface area contributed by atoms with Crippen LogP contribution in [0.4, 0.5) is 13.2 Å². The molecule has 0 aliphatic carbocycles. The van der Waals surface area contributed by atoms with E-state index in [-0.39, 0.29) is 18.8 Å². The Balaban J connectivity index is 1.59. The number of fused-ring (bicyclic) bond motifs is 2. The summed E-state index contributed by atoms with van der Waals surface area (Å²) >= 11 is 1.09. The Labute approximate surface area is 181 Å². The summed E-state index contributed by atoms with van der Waals surface area (Å²) in [5.74, 6) is 0. The molecule has 0 bridgehead atoms. The molecule has 9 heteroatoms. The first kappa shape index (κ1) is 22.6. The van der Waals surface area contributed by atoms with Gasteiger partial charge in [0, 0.05) is 5.56 Å². The Morgan fingerprint density at radius 1 is 0.968 bits per heavy atom. The highest BCUT2D eigenvalue weighted by Gasteiger charge is 2.57. The molecule has 2 aliphatic heterocycles. The number of rotatable bonds is 4. The topological polar surface area (TPSA) is 90.2 Å².